The summed E-state index contributed by atoms with van der Waals surface area (Å²) in [5.41, 5.74) is 8.64. The number of benzene rings is 1. The van der Waals surface area contributed by atoms with Crippen molar-refractivity contribution in [3.05, 3.63) is 71.8 Å². The van der Waals surface area contributed by atoms with Crippen LogP contribution in [0, 0.1) is 41.2 Å². The highest BCUT2D eigenvalue weighted by Crippen LogP contribution is 2.68. The third-order valence-electron chi connectivity index (χ3n) is 10.3. The van der Waals surface area contributed by atoms with Crippen molar-refractivity contribution < 1.29 is 4.79 Å². The molecule has 2 aromatic carbocycles. The van der Waals surface area contributed by atoms with Crippen LogP contribution in [-0.2, 0) is 16.6 Å². The van der Waals surface area contributed by atoms with E-state index in [-0.39, 0.29) is 10.8 Å². The summed E-state index contributed by atoms with van der Waals surface area (Å²) in [6, 6.07) is 24.1. The Hall–Kier alpha value is -2.31. The van der Waals surface area contributed by atoms with Crippen LogP contribution in [0.2, 0.25) is 0 Å². The second kappa shape index (κ2) is 9.29. The van der Waals surface area contributed by atoms with Crippen LogP contribution in [0.15, 0.2) is 48.5 Å². The van der Waals surface area contributed by atoms with Crippen LogP contribution in [-0.4, -0.2) is 18.5 Å². The van der Waals surface area contributed by atoms with Gasteiger partial charge in [-0.3, -0.25) is 4.79 Å². The van der Waals surface area contributed by atoms with Gasteiger partial charge in [0.25, 0.3) is 0 Å². The van der Waals surface area contributed by atoms with Crippen LogP contribution < -0.4 is 11.1 Å². The number of nitrogens with two attached hydrogens (primary N) is 1. The molecule has 0 heterocycles. The van der Waals surface area contributed by atoms with Crippen molar-refractivity contribution in [3.8, 4) is 0 Å². The van der Waals surface area contributed by atoms with Crippen LogP contribution >= 0.6 is 0 Å². The highest BCUT2D eigenvalue weighted by atomic mass is 16.2. The molecule has 3 N–H and O–H groups in total. The standard InChI is InChI=1S/C32H40N2O/c33-21-24-11-14-28(15-12-24)34-30(35)32-19-25-17-31(22-32,27-9-5-2-6-10-27)18-26(20-32)29(25)16-13-23-7-3-1-4-8-23/h1-3,5-7,9-10,24-26,28-29H,11-22,33H2,(H,34,35). The van der Waals surface area contributed by atoms with E-state index in [4.69, 9.17) is 5.73 Å². The van der Waals surface area contributed by atoms with Gasteiger partial charge in [0.05, 0.1) is 5.41 Å². The molecule has 184 valence electrons. The van der Waals surface area contributed by atoms with Crippen molar-refractivity contribution in [3.63, 3.8) is 0 Å². The molecule has 1 amide bonds. The van der Waals surface area contributed by atoms with Crippen molar-refractivity contribution in [2.24, 2.45) is 34.8 Å². The lowest BCUT2D eigenvalue weighted by atomic mass is 9.39. The van der Waals surface area contributed by atoms with Gasteiger partial charge in [-0.05, 0) is 118 Å². The fourth-order valence-electron chi connectivity index (χ4n) is 8.85. The van der Waals surface area contributed by atoms with Gasteiger partial charge in [0.2, 0.25) is 5.91 Å². The van der Waals surface area contributed by atoms with Crippen LogP contribution in [0.25, 0.3) is 0 Å². The first kappa shape index (κ1) is 23.1. The van der Waals surface area contributed by atoms with Gasteiger partial charge in [-0.25, -0.2) is 0 Å². The van der Waals surface area contributed by atoms with E-state index in [0.717, 1.165) is 63.8 Å². The van der Waals surface area contributed by atoms with Crippen molar-refractivity contribution in [1.82, 2.24) is 5.32 Å². The molecule has 2 atom stereocenters. The zero-order valence-corrected chi connectivity index (χ0v) is 21.0. The lowest BCUT2D eigenvalue weighted by Crippen LogP contribution is -2.62. The van der Waals surface area contributed by atoms with E-state index >= 15 is 0 Å². The van der Waals surface area contributed by atoms with Gasteiger partial charge >= 0.3 is 0 Å². The van der Waals surface area contributed by atoms with Crippen molar-refractivity contribution >= 4 is 5.91 Å². The Morgan fingerprint density at radius 1 is 0.971 bits per heavy atom. The van der Waals surface area contributed by atoms with Gasteiger partial charge in [0.1, 0.15) is 0 Å². The smallest absolute Gasteiger partial charge is 0.226 e. The third kappa shape index (κ3) is 4.29. The zero-order chi connectivity index (χ0) is 23.9. The van der Waals surface area contributed by atoms with Gasteiger partial charge in [0.15, 0.2) is 0 Å². The Labute approximate surface area is 211 Å². The molecular formula is C32H40N2O. The van der Waals surface area contributed by atoms with Crippen LogP contribution in [0.5, 0.6) is 0 Å². The molecule has 5 aliphatic rings. The Bertz CT molecular complexity index is 994. The van der Waals surface area contributed by atoms with Crippen molar-refractivity contribution in [2.75, 3.05) is 6.54 Å². The number of hydrogen-bond donors (Lipinski definition) is 2. The maximum Gasteiger partial charge on any atom is 0.226 e. The molecule has 0 aromatic heterocycles. The van der Waals surface area contributed by atoms with Gasteiger partial charge in [-0.2, -0.15) is 0 Å². The summed E-state index contributed by atoms with van der Waals surface area (Å²) in [6.45, 7) is 0.785. The number of nitrogens with one attached hydrogen (secondary N) is 1. The predicted molar refractivity (Wildman–Crippen MR) is 139 cm³/mol. The molecule has 0 aliphatic heterocycles. The van der Waals surface area contributed by atoms with E-state index in [1.54, 1.807) is 0 Å². The molecule has 5 fully saturated rings. The number of rotatable bonds is 7. The molecule has 0 saturated heterocycles. The van der Waals surface area contributed by atoms with Crippen LogP contribution in [0.1, 0.15) is 75.3 Å². The van der Waals surface area contributed by atoms with Crippen molar-refractivity contribution in [2.45, 2.75) is 82.1 Å². The molecule has 2 unspecified atom stereocenters. The topological polar surface area (TPSA) is 55.1 Å². The Balaban J connectivity index is 1.23. The summed E-state index contributed by atoms with van der Waals surface area (Å²) in [6.07, 6.45) is 12.5. The first-order chi connectivity index (χ1) is 17.1. The number of carbonyl (C=O) groups is 1. The molecule has 3 heteroatoms. The number of carbonyl (C=O) groups excluding carboxylic acids is 1. The summed E-state index contributed by atoms with van der Waals surface area (Å²) in [5, 5.41) is 3.57. The molecule has 5 aliphatic carbocycles. The monoisotopic (exact) mass is 468 g/mol. The number of aryl methyl sites for hydroxylation is 1. The second-order valence-electron chi connectivity index (χ2n) is 12.4. The highest BCUT2D eigenvalue weighted by molar-refractivity contribution is 5.84. The Kier molecular flexibility index (Phi) is 6.13. The SMILES string of the molecule is NCC1CCC(NC(=O)C23CC4CC(c5ccccc5)(CC(C2)C4CCc2c#cccc2)C3)CC1. The largest absolute Gasteiger partial charge is 0.353 e. The molecule has 3 nitrogen and oxygen atoms in total. The number of amides is 1. The summed E-state index contributed by atoms with van der Waals surface area (Å²) < 4.78 is 0. The molecule has 4 bridgehead atoms. The Morgan fingerprint density at radius 2 is 1.71 bits per heavy atom. The average Bonchev–Trinajstić information content (AvgIpc) is 2.89. The fraction of sp³-hybridized carbons (Fsp3) is 0.594. The zero-order valence-electron chi connectivity index (χ0n) is 21.0. The summed E-state index contributed by atoms with van der Waals surface area (Å²) in [4.78, 5) is 14.0. The lowest BCUT2D eigenvalue weighted by Gasteiger charge is -2.64. The van der Waals surface area contributed by atoms with Gasteiger partial charge in [-0.1, -0.05) is 54.6 Å². The molecular weight excluding hydrogens is 428 g/mol. The normalized spacial score (nSPS) is 37.6. The first-order valence-corrected chi connectivity index (χ1v) is 14.0. The van der Waals surface area contributed by atoms with E-state index in [1.165, 1.54) is 30.4 Å². The van der Waals surface area contributed by atoms with Crippen LogP contribution in [0.3, 0.4) is 0 Å². The minimum absolute atomic E-state index is 0.171. The van der Waals surface area contributed by atoms with Gasteiger partial charge in [0, 0.05) is 11.6 Å². The Morgan fingerprint density at radius 3 is 2.37 bits per heavy atom. The first-order valence-electron chi connectivity index (χ1n) is 14.0. The van der Waals surface area contributed by atoms with E-state index < -0.39 is 0 Å². The predicted octanol–water partition coefficient (Wildman–Crippen LogP) is 5.62. The lowest BCUT2D eigenvalue weighted by molar-refractivity contribution is -0.159. The molecule has 0 spiro atoms. The van der Waals surface area contributed by atoms with E-state index in [0.29, 0.717) is 29.7 Å². The minimum atomic E-state index is -0.185. The number of hydrogen-bond acceptors (Lipinski definition) is 2. The summed E-state index contributed by atoms with van der Waals surface area (Å²) >= 11 is 0. The molecule has 35 heavy (non-hydrogen) atoms. The summed E-state index contributed by atoms with van der Waals surface area (Å²) in [7, 11) is 0. The molecule has 2 aromatic rings. The van der Waals surface area contributed by atoms with E-state index in [1.807, 2.05) is 6.07 Å². The van der Waals surface area contributed by atoms with Gasteiger partial charge < -0.3 is 11.1 Å². The van der Waals surface area contributed by atoms with E-state index in [9.17, 15) is 4.79 Å². The van der Waals surface area contributed by atoms with E-state index in [2.05, 4.69) is 59.9 Å². The third-order valence-corrected chi connectivity index (χ3v) is 10.3. The maximum atomic E-state index is 14.0. The summed E-state index contributed by atoms with van der Waals surface area (Å²) in [5.74, 6) is 3.02. The quantitative estimate of drug-likeness (QED) is 0.554. The molecule has 7 rings (SSSR count). The molecule has 0 radical (unpaired) electrons. The highest BCUT2D eigenvalue weighted by Gasteiger charge is 2.63. The fourth-order valence-corrected chi connectivity index (χ4v) is 8.85. The van der Waals surface area contributed by atoms with Crippen molar-refractivity contribution in [1.29, 1.82) is 0 Å². The minimum Gasteiger partial charge on any atom is -0.353 e. The second-order valence-corrected chi connectivity index (χ2v) is 12.4. The maximum absolute atomic E-state index is 14.0. The molecule has 5 saturated carbocycles. The van der Waals surface area contributed by atoms with Crippen LogP contribution in [0.4, 0.5) is 0 Å². The van der Waals surface area contributed by atoms with Gasteiger partial charge in [-0.15, -0.1) is 0 Å². The average molecular weight is 469 g/mol.